The molecule has 0 unspecified atom stereocenters. The van der Waals surface area contributed by atoms with Crippen LogP contribution in [0.3, 0.4) is 0 Å². The number of carbonyl (C=O) groups is 1. The van der Waals surface area contributed by atoms with Crippen LogP contribution >= 0.6 is 22.6 Å². The highest BCUT2D eigenvalue weighted by Crippen LogP contribution is 2.34. The number of carbonyl (C=O) groups excluding carboxylic acids is 1. The van der Waals surface area contributed by atoms with Crippen molar-refractivity contribution in [2.75, 3.05) is 11.9 Å². The average molecular weight is 519 g/mol. The quantitative estimate of drug-likeness (QED) is 0.360. The van der Waals surface area contributed by atoms with Gasteiger partial charge in [-0.3, -0.25) is 5.32 Å². The second-order valence-electron chi connectivity index (χ2n) is 6.50. The number of ether oxygens (including phenoxy) is 2. The van der Waals surface area contributed by atoms with E-state index in [0.29, 0.717) is 17.0 Å². The van der Waals surface area contributed by atoms with Crippen LogP contribution in [0.4, 0.5) is 10.5 Å². The summed E-state index contributed by atoms with van der Waals surface area (Å²) in [5.41, 5.74) is 0.982. The van der Waals surface area contributed by atoms with Crippen molar-refractivity contribution in [1.29, 1.82) is 0 Å². The number of anilines is 1. The first-order valence-corrected chi connectivity index (χ1v) is 10.5. The molecule has 0 aromatic heterocycles. The van der Waals surface area contributed by atoms with Gasteiger partial charge in [-0.1, -0.05) is 36.4 Å². The molecule has 0 bridgehead atoms. The maximum atomic E-state index is 12.6. The van der Waals surface area contributed by atoms with Crippen LogP contribution in [-0.2, 0) is 4.74 Å². The molecule has 30 heavy (non-hydrogen) atoms. The van der Waals surface area contributed by atoms with Crippen LogP contribution in [0.1, 0.15) is 18.1 Å². The van der Waals surface area contributed by atoms with Gasteiger partial charge in [-0.2, -0.15) is 0 Å². The zero-order valence-electron chi connectivity index (χ0n) is 16.1. The molecule has 7 heteroatoms. The molecule has 0 spiro atoms. The molecule has 0 fully saturated rings. The third-order valence-corrected chi connectivity index (χ3v) is 5.00. The van der Waals surface area contributed by atoms with E-state index in [2.05, 4.69) is 27.9 Å². The molecule has 0 aliphatic heterocycles. The maximum absolute atomic E-state index is 12.6. The van der Waals surface area contributed by atoms with Crippen molar-refractivity contribution in [2.45, 2.75) is 18.6 Å². The van der Waals surface area contributed by atoms with Gasteiger partial charge in [0.2, 0.25) is 0 Å². The van der Waals surface area contributed by atoms with Gasteiger partial charge in [0.15, 0.2) is 6.10 Å². The molecule has 156 valence electrons. The van der Waals surface area contributed by atoms with Crippen molar-refractivity contribution in [3.05, 3.63) is 88.0 Å². The molecule has 0 heterocycles. The molecule has 0 aliphatic rings. The van der Waals surface area contributed by atoms with Gasteiger partial charge in [0.1, 0.15) is 17.6 Å². The molecule has 2 atom stereocenters. The number of amides is 1. The van der Waals surface area contributed by atoms with Crippen molar-refractivity contribution >= 4 is 34.4 Å². The van der Waals surface area contributed by atoms with Gasteiger partial charge in [-0.25, -0.2) is 4.79 Å². The van der Waals surface area contributed by atoms with E-state index in [9.17, 15) is 15.0 Å². The van der Waals surface area contributed by atoms with E-state index in [1.54, 1.807) is 54.6 Å². The van der Waals surface area contributed by atoms with Crippen LogP contribution in [0.15, 0.2) is 78.9 Å². The molecular formula is C23H22INO5. The number of rotatable bonds is 8. The second kappa shape index (κ2) is 10.8. The van der Waals surface area contributed by atoms with Gasteiger partial charge in [-0.15, -0.1) is 0 Å². The highest BCUT2D eigenvalue weighted by atomic mass is 127. The number of halogens is 1. The lowest BCUT2D eigenvalue weighted by Crippen LogP contribution is -2.32. The zero-order valence-corrected chi connectivity index (χ0v) is 18.2. The molecule has 3 rings (SSSR count). The Kier molecular flexibility index (Phi) is 7.92. The van der Waals surface area contributed by atoms with Crippen molar-refractivity contribution < 1.29 is 24.5 Å². The number of hydrogen-bond donors (Lipinski definition) is 3. The molecule has 1 amide bonds. The Balaban J connectivity index is 1.90. The maximum Gasteiger partial charge on any atom is 0.412 e. The van der Waals surface area contributed by atoms with Crippen LogP contribution in [0.25, 0.3) is 0 Å². The minimum Gasteiger partial charge on any atom is -0.508 e. The van der Waals surface area contributed by atoms with E-state index < -0.39 is 18.3 Å². The highest BCUT2D eigenvalue weighted by Gasteiger charge is 2.31. The summed E-state index contributed by atoms with van der Waals surface area (Å²) in [6.45, 7) is -0.178. The van der Waals surface area contributed by atoms with Gasteiger partial charge in [-0.05, 0) is 65.1 Å². The van der Waals surface area contributed by atoms with E-state index in [0.717, 1.165) is 3.57 Å². The van der Waals surface area contributed by atoms with Crippen molar-refractivity contribution in [1.82, 2.24) is 0 Å². The van der Waals surface area contributed by atoms with Crippen LogP contribution in [-0.4, -0.2) is 29.0 Å². The topological polar surface area (TPSA) is 88.0 Å². The molecule has 3 N–H and O–H groups in total. The number of nitrogens with one attached hydrogen (secondary N) is 1. The van der Waals surface area contributed by atoms with Crippen LogP contribution in [0, 0.1) is 3.57 Å². The lowest BCUT2D eigenvalue weighted by molar-refractivity contribution is 0.00796. The molecule has 0 saturated heterocycles. The van der Waals surface area contributed by atoms with Crippen LogP contribution < -0.4 is 10.1 Å². The number of aromatic hydroxyl groups is 1. The van der Waals surface area contributed by atoms with Crippen molar-refractivity contribution in [3.63, 3.8) is 0 Å². The number of para-hydroxylation sites is 2. The summed E-state index contributed by atoms with van der Waals surface area (Å²) in [5.74, 6) is 0.547. The zero-order chi connectivity index (χ0) is 21.3. The average Bonchev–Trinajstić information content (AvgIpc) is 2.75. The second-order valence-corrected chi connectivity index (χ2v) is 7.75. The number of aliphatic hydroxyl groups excluding tert-OH is 1. The summed E-state index contributed by atoms with van der Waals surface area (Å²) in [7, 11) is 0. The van der Waals surface area contributed by atoms with Gasteiger partial charge >= 0.3 is 6.09 Å². The Labute approximate surface area is 188 Å². The summed E-state index contributed by atoms with van der Waals surface area (Å²) in [6, 6.07) is 23.0. The number of hydrogen-bond acceptors (Lipinski definition) is 5. The van der Waals surface area contributed by atoms with Crippen LogP contribution in [0.2, 0.25) is 0 Å². The van der Waals surface area contributed by atoms with E-state index in [1.807, 2.05) is 24.3 Å². The van der Waals surface area contributed by atoms with Gasteiger partial charge in [0.25, 0.3) is 0 Å². The Morgan fingerprint density at radius 2 is 1.67 bits per heavy atom. The Morgan fingerprint density at radius 1 is 1.00 bits per heavy atom. The molecule has 0 aliphatic carbocycles. The van der Waals surface area contributed by atoms with E-state index >= 15 is 0 Å². The molecular weight excluding hydrogens is 497 g/mol. The third-order valence-electron chi connectivity index (χ3n) is 4.33. The van der Waals surface area contributed by atoms with Gasteiger partial charge in [0.05, 0.1) is 0 Å². The molecule has 0 radical (unpaired) electrons. The number of aliphatic hydroxyl groups is 1. The standard InChI is InChI=1S/C23H22INO5/c24-16-11-12-20(27)19(15-16)22(30-23(28)25-17-7-3-1-4-8-17)21(13-14-26)29-18-9-5-2-6-10-18/h1-12,15,21-22,26-27H,13-14H2,(H,25,28)/t21-,22-/m0/s1. The van der Waals surface area contributed by atoms with E-state index in [1.165, 1.54) is 0 Å². The summed E-state index contributed by atoms with van der Waals surface area (Å²) in [6.07, 6.45) is -2.16. The number of phenols is 1. The largest absolute Gasteiger partial charge is 0.508 e. The normalized spacial score (nSPS) is 12.6. The molecule has 0 saturated carbocycles. The minimum atomic E-state index is -0.948. The van der Waals surface area contributed by atoms with E-state index in [-0.39, 0.29) is 18.8 Å². The Bertz CT molecular complexity index is 952. The lowest BCUT2D eigenvalue weighted by Gasteiger charge is -2.28. The summed E-state index contributed by atoms with van der Waals surface area (Å²) < 4.78 is 12.6. The third kappa shape index (κ3) is 6.11. The minimum absolute atomic E-state index is 0.0208. The fraction of sp³-hybridized carbons (Fsp3) is 0.174. The molecule has 3 aromatic rings. The van der Waals surface area contributed by atoms with Gasteiger partial charge < -0.3 is 19.7 Å². The summed E-state index contributed by atoms with van der Waals surface area (Å²) in [4.78, 5) is 12.6. The summed E-state index contributed by atoms with van der Waals surface area (Å²) in [5, 5.41) is 22.7. The number of benzene rings is 3. The fourth-order valence-corrected chi connectivity index (χ4v) is 3.47. The fourth-order valence-electron chi connectivity index (χ4n) is 2.95. The smallest absolute Gasteiger partial charge is 0.412 e. The predicted molar refractivity (Wildman–Crippen MR) is 123 cm³/mol. The van der Waals surface area contributed by atoms with Gasteiger partial charge in [0, 0.05) is 27.8 Å². The lowest BCUT2D eigenvalue weighted by atomic mass is 10.0. The SMILES string of the molecule is O=C(Nc1ccccc1)O[C@@H](c1cc(I)ccc1O)[C@H](CCO)Oc1ccccc1. The van der Waals surface area contributed by atoms with Crippen molar-refractivity contribution in [3.8, 4) is 11.5 Å². The summed E-state index contributed by atoms with van der Waals surface area (Å²) >= 11 is 2.12. The Hall–Kier alpha value is -2.78. The van der Waals surface area contributed by atoms with Crippen LogP contribution in [0.5, 0.6) is 11.5 Å². The first-order valence-electron chi connectivity index (χ1n) is 9.40. The molecule has 6 nitrogen and oxygen atoms in total. The first-order chi connectivity index (χ1) is 14.6. The number of phenolic OH excluding ortho intramolecular Hbond substituents is 1. The monoisotopic (exact) mass is 519 g/mol. The Morgan fingerprint density at radius 3 is 2.33 bits per heavy atom. The highest BCUT2D eigenvalue weighted by molar-refractivity contribution is 14.1. The first kappa shape index (κ1) is 21.9. The van der Waals surface area contributed by atoms with E-state index in [4.69, 9.17) is 9.47 Å². The molecule has 3 aromatic carbocycles. The predicted octanol–water partition coefficient (Wildman–Crippen LogP) is 5.12. The van der Waals surface area contributed by atoms with Crippen molar-refractivity contribution in [2.24, 2.45) is 0 Å².